The number of carbonyl (C=O) groups excluding carboxylic acids is 1. The summed E-state index contributed by atoms with van der Waals surface area (Å²) in [5.41, 5.74) is 6.05. The third-order valence-electron chi connectivity index (χ3n) is 2.84. The number of carbonyl (C=O) groups is 1. The zero-order valence-electron chi connectivity index (χ0n) is 11.7. The number of halogens is 2. The lowest BCUT2D eigenvalue weighted by atomic mass is 10.2. The van der Waals surface area contributed by atoms with Gasteiger partial charge in [-0.1, -0.05) is 23.2 Å². The van der Waals surface area contributed by atoms with E-state index in [9.17, 15) is 4.79 Å². The fraction of sp³-hybridized carbons (Fsp3) is 0.214. The van der Waals surface area contributed by atoms with Gasteiger partial charge in [0.05, 0.1) is 16.4 Å². The van der Waals surface area contributed by atoms with E-state index in [0.717, 1.165) is 13.0 Å². The Labute approximate surface area is 138 Å². The second kappa shape index (κ2) is 7.82. The first-order valence-corrected chi connectivity index (χ1v) is 7.34. The lowest BCUT2D eigenvalue weighted by Crippen LogP contribution is -2.37. The number of hydrogen-bond acceptors (Lipinski definition) is 3. The maximum atomic E-state index is 12.0. The van der Waals surface area contributed by atoms with Crippen molar-refractivity contribution in [2.45, 2.75) is 13.0 Å². The van der Waals surface area contributed by atoms with E-state index < -0.39 is 0 Å². The highest BCUT2D eigenvalue weighted by Crippen LogP contribution is 2.22. The average Bonchev–Trinajstić information content (AvgIpc) is 2.99. The summed E-state index contributed by atoms with van der Waals surface area (Å²) in [7, 11) is 0. The number of benzene rings is 1. The van der Waals surface area contributed by atoms with Crippen molar-refractivity contribution in [1.29, 1.82) is 0 Å². The third-order valence-corrected chi connectivity index (χ3v) is 3.58. The summed E-state index contributed by atoms with van der Waals surface area (Å²) in [5, 5.41) is 3.20. The number of guanidine groups is 1. The van der Waals surface area contributed by atoms with Gasteiger partial charge in [-0.15, -0.1) is 0 Å². The van der Waals surface area contributed by atoms with Crippen LogP contribution < -0.4 is 11.1 Å². The number of amides is 1. The van der Waals surface area contributed by atoms with Crippen molar-refractivity contribution < 1.29 is 4.79 Å². The van der Waals surface area contributed by atoms with Crippen molar-refractivity contribution in [1.82, 2.24) is 14.9 Å². The fourth-order valence-corrected chi connectivity index (χ4v) is 2.04. The molecule has 2 rings (SSSR count). The number of aryl methyl sites for hydroxylation is 1. The van der Waals surface area contributed by atoms with Gasteiger partial charge in [0, 0.05) is 31.0 Å². The van der Waals surface area contributed by atoms with Crippen LogP contribution in [0.4, 0.5) is 0 Å². The molecule has 3 N–H and O–H groups in total. The van der Waals surface area contributed by atoms with Crippen LogP contribution in [0.5, 0.6) is 0 Å². The molecule has 1 heterocycles. The lowest BCUT2D eigenvalue weighted by molar-refractivity contribution is 0.0976. The Balaban J connectivity index is 1.82. The van der Waals surface area contributed by atoms with Crippen molar-refractivity contribution in [3.05, 3.63) is 52.5 Å². The molecule has 8 heteroatoms. The van der Waals surface area contributed by atoms with Crippen LogP contribution in [-0.4, -0.2) is 28.0 Å². The van der Waals surface area contributed by atoms with Gasteiger partial charge in [-0.05, 0) is 24.6 Å². The van der Waals surface area contributed by atoms with E-state index in [1.54, 1.807) is 24.7 Å². The maximum absolute atomic E-state index is 12.0. The SMILES string of the molecule is NC(=NCCCn1ccnc1)NC(=O)c1ccc(Cl)c(Cl)c1. The van der Waals surface area contributed by atoms with E-state index >= 15 is 0 Å². The molecule has 0 bridgehead atoms. The van der Waals surface area contributed by atoms with Crippen LogP contribution in [0.1, 0.15) is 16.8 Å². The van der Waals surface area contributed by atoms with Gasteiger partial charge in [-0.3, -0.25) is 15.1 Å². The summed E-state index contributed by atoms with van der Waals surface area (Å²) in [4.78, 5) is 20.0. The molecule has 0 fully saturated rings. The number of rotatable bonds is 5. The Bertz CT molecular complexity index is 670. The Morgan fingerprint density at radius 2 is 2.18 bits per heavy atom. The number of nitrogens with zero attached hydrogens (tertiary/aromatic N) is 3. The zero-order valence-corrected chi connectivity index (χ0v) is 13.2. The molecule has 6 nitrogen and oxygen atoms in total. The average molecular weight is 340 g/mol. The van der Waals surface area contributed by atoms with Gasteiger partial charge in [0.1, 0.15) is 0 Å². The molecule has 0 saturated heterocycles. The summed E-state index contributed by atoms with van der Waals surface area (Å²) >= 11 is 11.7. The molecule has 1 amide bonds. The first-order valence-electron chi connectivity index (χ1n) is 6.58. The molecule has 2 aromatic rings. The molecule has 0 aliphatic rings. The third kappa shape index (κ3) is 4.75. The molecule has 0 aliphatic heterocycles. The van der Waals surface area contributed by atoms with E-state index in [4.69, 9.17) is 28.9 Å². The van der Waals surface area contributed by atoms with Crippen LogP contribution in [0, 0.1) is 0 Å². The van der Waals surface area contributed by atoms with Crippen molar-refractivity contribution in [3.63, 3.8) is 0 Å². The first-order chi connectivity index (χ1) is 10.6. The highest BCUT2D eigenvalue weighted by molar-refractivity contribution is 6.42. The standard InChI is InChI=1S/C14H15Cl2N5O/c15-11-3-2-10(8-12(11)16)13(22)20-14(17)19-4-1-6-21-7-5-18-9-21/h2-3,5,7-9H,1,4,6H2,(H3,17,19,20,22). The molecule has 0 saturated carbocycles. The fourth-order valence-electron chi connectivity index (χ4n) is 1.74. The summed E-state index contributed by atoms with van der Waals surface area (Å²) in [6.45, 7) is 1.29. The van der Waals surface area contributed by atoms with E-state index in [-0.39, 0.29) is 11.9 Å². The van der Waals surface area contributed by atoms with E-state index in [1.807, 2.05) is 10.8 Å². The van der Waals surface area contributed by atoms with Gasteiger partial charge in [0.2, 0.25) is 0 Å². The molecule has 0 spiro atoms. The molecule has 0 unspecified atom stereocenters. The summed E-state index contributed by atoms with van der Waals surface area (Å²) in [6.07, 6.45) is 6.12. The molecule has 1 aromatic heterocycles. The molecular formula is C14H15Cl2N5O. The summed E-state index contributed by atoms with van der Waals surface area (Å²) in [5.74, 6) is -0.309. The number of nitrogens with one attached hydrogen (secondary N) is 1. The molecule has 0 aliphatic carbocycles. The van der Waals surface area contributed by atoms with E-state index in [1.165, 1.54) is 6.07 Å². The van der Waals surface area contributed by atoms with Crippen LogP contribution in [0.2, 0.25) is 10.0 Å². The van der Waals surface area contributed by atoms with Gasteiger partial charge >= 0.3 is 0 Å². The van der Waals surface area contributed by atoms with Crippen molar-refractivity contribution in [2.75, 3.05) is 6.54 Å². The first kappa shape index (κ1) is 16.3. The van der Waals surface area contributed by atoms with Crippen molar-refractivity contribution in [3.8, 4) is 0 Å². The molecule has 1 aromatic carbocycles. The molecule has 22 heavy (non-hydrogen) atoms. The van der Waals surface area contributed by atoms with E-state index in [0.29, 0.717) is 22.2 Å². The summed E-state index contributed by atoms with van der Waals surface area (Å²) in [6, 6.07) is 4.60. The second-order valence-corrected chi connectivity index (χ2v) is 5.32. The Morgan fingerprint density at radius 1 is 1.36 bits per heavy atom. The van der Waals surface area contributed by atoms with Gasteiger partial charge in [0.15, 0.2) is 5.96 Å². The normalized spacial score (nSPS) is 11.5. The monoisotopic (exact) mass is 339 g/mol. The lowest BCUT2D eigenvalue weighted by Gasteiger charge is -2.06. The van der Waals surface area contributed by atoms with Gasteiger partial charge in [-0.25, -0.2) is 4.98 Å². The Kier molecular flexibility index (Phi) is 5.80. The number of aromatic nitrogens is 2. The Morgan fingerprint density at radius 3 is 2.86 bits per heavy atom. The van der Waals surface area contributed by atoms with E-state index in [2.05, 4.69) is 15.3 Å². The zero-order chi connectivity index (χ0) is 15.9. The number of imidazole rings is 1. The molecular weight excluding hydrogens is 325 g/mol. The molecule has 0 atom stereocenters. The van der Waals surface area contributed by atoms with Gasteiger partial charge in [-0.2, -0.15) is 0 Å². The minimum absolute atomic E-state index is 0.0710. The molecule has 116 valence electrons. The highest BCUT2D eigenvalue weighted by Gasteiger charge is 2.08. The largest absolute Gasteiger partial charge is 0.370 e. The summed E-state index contributed by atoms with van der Waals surface area (Å²) < 4.78 is 1.94. The maximum Gasteiger partial charge on any atom is 0.257 e. The van der Waals surface area contributed by atoms with Gasteiger partial charge in [0.25, 0.3) is 5.91 Å². The van der Waals surface area contributed by atoms with Crippen molar-refractivity contribution in [2.24, 2.45) is 10.7 Å². The topological polar surface area (TPSA) is 85.3 Å². The smallest absolute Gasteiger partial charge is 0.257 e. The highest BCUT2D eigenvalue weighted by atomic mass is 35.5. The van der Waals surface area contributed by atoms with Crippen LogP contribution in [-0.2, 0) is 6.54 Å². The van der Waals surface area contributed by atoms with Crippen LogP contribution in [0.15, 0.2) is 41.9 Å². The number of nitrogens with two attached hydrogens (primary N) is 1. The van der Waals surface area contributed by atoms with Crippen LogP contribution in [0.25, 0.3) is 0 Å². The van der Waals surface area contributed by atoms with Crippen LogP contribution in [0.3, 0.4) is 0 Å². The van der Waals surface area contributed by atoms with Crippen molar-refractivity contribution >= 4 is 35.1 Å². The Hall–Kier alpha value is -2.05. The second-order valence-electron chi connectivity index (χ2n) is 4.50. The van der Waals surface area contributed by atoms with Gasteiger partial charge < -0.3 is 10.3 Å². The minimum atomic E-state index is -0.380. The number of aliphatic imine (C=N–C) groups is 1. The predicted octanol–water partition coefficient (Wildman–Crippen LogP) is 2.32. The predicted molar refractivity (Wildman–Crippen MR) is 87.3 cm³/mol. The number of hydrogen-bond donors (Lipinski definition) is 2. The minimum Gasteiger partial charge on any atom is -0.370 e. The van der Waals surface area contributed by atoms with Crippen LogP contribution >= 0.6 is 23.2 Å². The quantitative estimate of drug-likeness (QED) is 0.498. The molecule has 0 radical (unpaired) electrons.